The zero-order valence-corrected chi connectivity index (χ0v) is 10.7. The van der Waals surface area contributed by atoms with Crippen molar-refractivity contribution in [3.05, 3.63) is 21.8 Å². The van der Waals surface area contributed by atoms with Crippen molar-refractivity contribution in [2.45, 2.75) is 6.42 Å². The van der Waals surface area contributed by atoms with Crippen LogP contribution in [0.5, 0.6) is 0 Å². The fraction of sp³-hybridized carbons (Fsp3) is 0.300. The van der Waals surface area contributed by atoms with Crippen LogP contribution in [0.3, 0.4) is 0 Å². The van der Waals surface area contributed by atoms with Crippen LogP contribution in [-0.2, 0) is 4.79 Å². The van der Waals surface area contributed by atoms with Gasteiger partial charge in [-0.15, -0.1) is 0 Å². The van der Waals surface area contributed by atoms with Gasteiger partial charge in [0.15, 0.2) is 0 Å². The van der Waals surface area contributed by atoms with E-state index in [-0.39, 0.29) is 5.91 Å². The summed E-state index contributed by atoms with van der Waals surface area (Å²) < 4.78 is 1.10. The molecular formula is C10H14IN3O. The summed E-state index contributed by atoms with van der Waals surface area (Å²) in [5.74, 6) is 0.0200. The minimum absolute atomic E-state index is 0.0200. The zero-order valence-electron chi connectivity index (χ0n) is 8.51. The lowest BCUT2D eigenvalue weighted by molar-refractivity contribution is -0.120. The monoisotopic (exact) mass is 319 g/mol. The molecule has 0 heterocycles. The van der Waals surface area contributed by atoms with Crippen molar-refractivity contribution in [1.29, 1.82) is 0 Å². The van der Waals surface area contributed by atoms with E-state index in [0.29, 0.717) is 18.7 Å². The van der Waals surface area contributed by atoms with Gasteiger partial charge in [-0.2, -0.15) is 0 Å². The number of nitrogens with two attached hydrogens (primary N) is 1. The Balaban J connectivity index is 2.47. The largest absolute Gasteiger partial charge is 0.397 e. The van der Waals surface area contributed by atoms with Crippen LogP contribution in [-0.4, -0.2) is 19.5 Å². The van der Waals surface area contributed by atoms with E-state index in [2.05, 4.69) is 33.2 Å². The Kier molecular flexibility index (Phi) is 4.67. The molecule has 0 bridgehead atoms. The van der Waals surface area contributed by atoms with Crippen molar-refractivity contribution in [3.8, 4) is 0 Å². The van der Waals surface area contributed by atoms with Gasteiger partial charge in [-0.1, -0.05) is 0 Å². The molecule has 1 aromatic rings. The van der Waals surface area contributed by atoms with Gasteiger partial charge in [0.2, 0.25) is 5.91 Å². The van der Waals surface area contributed by atoms with E-state index in [1.54, 1.807) is 7.05 Å². The van der Waals surface area contributed by atoms with Gasteiger partial charge in [-0.05, 0) is 40.8 Å². The second-order valence-corrected chi connectivity index (χ2v) is 4.33. The number of carbonyl (C=O) groups is 1. The molecule has 1 amide bonds. The van der Waals surface area contributed by atoms with Crippen LogP contribution < -0.4 is 16.4 Å². The van der Waals surface area contributed by atoms with Crippen molar-refractivity contribution in [2.24, 2.45) is 0 Å². The number of nitrogen functional groups attached to an aromatic ring is 1. The summed E-state index contributed by atoms with van der Waals surface area (Å²) in [5, 5.41) is 5.68. The molecule has 0 aromatic heterocycles. The molecule has 0 aliphatic rings. The van der Waals surface area contributed by atoms with E-state index in [4.69, 9.17) is 5.73 Å². The van der Waals surface area contributed by atoms with Crippen LogP contribution in [0.2, 0.25) is 0 Å². The van der Waals surface area contributed by atoms with E-state index in [1.807, 2.05) is 18.2 Å². The van der Waals surface area contributed by atoms with Crippen molar-refractivity contribution >= 4 is 39.9 Å². The molecule has 0 saturated heterocycles. The van der Waals surface area contributed by atoms with Crippen molar-refractivity contribution in [3.63, 3.8) is 0 Å². The topological polar surface area (TPSA) is 67.2 Å². The van der Waals surface area contributed by atoms with Gasteiger partial charge < -0.3 is 16.4 Å². The highest BCUT2D eigenvalue weighted by atomic mass is 127. The Morgan fingerprint density at radius 3 is 2.87 bits per heavy atom. The van der Waals surface area contributed by atoms with E-state index in [0.717, 1.165) is 9.26 Å². The first-order chi connectivity index (χ1) is 7.13. The number of anilines is 2. The number of nitrogens with one attached hydrogen (secondary N) is 2. The molecule has 1 rings (SSSR count). The molecule has 0 unspecified atom stereocenters. The van der Waals surface area contributed by atoms with Crippen LogP contribution in [0.1, 0.15) is 6.42 Å². The standard InChI is InChI=1S/C10H14IN3O/c1-13-10(15)4-5-14-9-3-2-7(11)6-8(9)12/h2-3,6,14H,4-5,12H2,1H3,(H,13,15). The Labute approximate surface area is 103 Å². The fourth-order valence-corrected chi connectivity index (χ4v) is 1.65. The maximum Gasteiger partial charge on any atom is 0.221 e. The molecule has 1 aromatic carbocycles. The van der Waals surface area contributed by atoms with Crippen molar-refractivity contribution in [1.82, 2.24) is 5.32 Å². The summed E-state index contributed by atoms with van der Waals surface area (Å²) in [6, 6.07) is 5.78. The maximum atomic E-state index is 11.0. The molecular weight excluding hydrogens is 305 g/mol. The third-order valence-corrected chi connectivity index (χ3v) is 2.63. The number of hydrogen-bond donors (Lipinski definition) is 3. The first-order valence-electron chi connectivity index (χ1n) is 4.63. The predicted octanol–water partition coefficient (Wildman–Crippen LogP) is 1.42. The van der Waals surface area contributed by atoms with Gasteiger partial charge in [0.1, 0.15) is 0 Å². The van der Waals surface area contributed by atoms with E-state index >= 15 is 0 Å². The molecule has 15 heavy (non-hydrogen) atoms. The average molecular weight is 319 g/mol. The number of halogens is 1. The summed E-state index contributed by atoms with van der Waals surface area (Å²) in [7, 11) is 1.63. The Bertz CT molecular complexity index is 355. The third-order valence-electron chi connectivity index (χ3n) is 1.96. The highest BCUT2D eigenvalue weighted by Gasteiger charge is 2.00. The van der Waals surface area contributed by atoms with Crippen LogP contribution in [0.4, 0.5) is 11.4 Å². The molecule has 0 aliphatic carbocycles. The van der Waals surface area contributed by atoms with Gasteiger partial charge in [-0.25, -0.2) is 0 Å². The third kappa shape index (κ3) is 3.94. The first kappa shape index (κ1) is 12.1. The van der Waals surface area contributed by atoms with Gasteiger partial charge >= 0.3 is 0 Å². The van der Waals surface area contributed by atoms with Crippen molar-refractivity contribution in [2.75, 3.05) is 24.6 Å². The Morgan fingerprint density at radius 1 is 1.53 bits per heavy atom. The van der Waals surface area contributed by atoms with Gasteiger partial charge in [0.25, 0.3) is 0 Å². The summed E-state index contributed by atoms with van der Waals surface area (Å²) in [6.07, 6.45) is 0.446. The highest BCUT2D eigenvalue weighted by molar-refractivity contribution is 14.1. The second-order valence-electron chi connectivity index (χ2n) is 3.08. The molecule has 0 atom stereocenters. The lowest BCUT2D eigenvalue weighted by atomic mass is 10.2. The highest BCUT2D eigenvalue weighted by Crippen LogP contribution is 2.20. The molecule has 0 saturated carbocycles. The first-order valence-corrected chi connectivity index (χ1v) is 5.71. The summed E-state index contributed by atoms with van der Waals surface area (Å²) >= 11 is 2.20. The number of carbonyl (C=O) groups excluding carboxylic acids is 1. The van der Waals surface area contributed by atoms with Crippen LogP contribution in [0.15, 0.2) is 18.2 Å². The quantitative estimate of drug-likeness (QED) is 0.581. The molecule has 5 heteroatoms. The number of benzene rings is 1. The Morgan fingerprint density at radius 2 is 2.27 bits per heavy atom. The van der Waals surface area contributed by atoms with E-state index in [9.17, 15) is 4.79 Å². The number of rotatable bonds is 4. The lowest BCUT2D eigenvalue weighted by Crippen LogP contribution is -2.21. The second kappa shape index (κ2) is 5.79. The molecule has 4 N–H and O–H groups in total. The molecule has 0 aliphatic heterocycles. The van der Waals surface area contributed by atoms with Crippen LogP contribution in [0.25, 0.3) is 0 Å². The molecule has 4 nitrogen and oxygen atoms in total. The Hall–Kier alpha value is -0.980. The lowest BCUT2D eigenvalue weighted by Gasteiger charge is -2.08. The maximum absolute atomic E-state index is 11.0. The molecule has 0 spiro atoms. The molecule has 82 valence electrons. The van der Waals surface area contributed by atoms with Gasteiger partial charge in [0.05, 0.1) is 11.4 Å². The smallest absolute Gasteiger partial charge is 0.221 e. The predicted molar refractivity (Wildman–Crippen MR) is 70.7 cm³/mol. The number of hydrogen-bond acceptors (Lipinski definition) is 3. The summed E-state index contributed by atoms with van der Waals surface area (Å²) in [6.45, 7) is 0.588. The van der Waals surface area contributed by atoms with Gasteiger partial charge in [-0.3, -0.25) is 4.79 Å². The molecule has 0 fully saturated rings. The SMILES string of the molecule is CNC(=O)CCNc1ccc(I)cc1N. The van der Waals surface area contributed by atoms with Crippen LogP contribution >= 0.6 is 22.6 Å². The zero-order chi connectivity index (χ0) is 11.3. The van der Waals surface area contributed by atoms with Crippen LogP contribution in [0, 0.1) is 3.57 Å². The normalized spacial score (nSPS) is 9.73. The van der Waals surface area contributed by atoms with Crippen molar-refractivity contribution < 1.29 is 4.79 Å². The average Bonchev–Trinajstić information content (AvgIpc) is 2.21. The number of amides is 1. The minimum Gasteiger partial charge on any atom is -0.397 e. The van der Waals surface area contributed by atoms with E-state index < -0.39 is 0 Å². The van der Waals surface area contributed by atoms with Gasteiger partial charge in [0, 0.05) is 23.6 Å². The van der Waals surface area contributed by atoms with E-state index in [1.165, 1.54) is 0 Å². The minimum atomic E-state index is 0.0200. The molecule has 0 radical (unpaired) electrons. The summed E-state index contributed by atoms with van der Waals surface area (Å²) in [5.41, 5.74) is 7.38. The summed E-state index contributed by atoms with van der Waals surface area (Å²) in [4.78, 5) is 11.0. The fourth-order valence-electron chi connectivity index (χ4n) is 1.13.